The van der Waals surface area contributed by atoms with E-state index in [1.165, 1.54) is 0 Å². The predicted molar refractivity (Wildman–Crippen MR) is 96.9 cm³/mol. The van der Waals surface area contributed by atoms with Crippen molar-refractivity contribution in [2.45, 2.75) is 25.3 Å². The lowest BCUT2D eigenvalue weighted by molar-refractivity contribution is -0.120. The van der Waals surface area contributed by atoms with Crippen molar-refractivity contribution in [3.8, 4) is 0 Å². The van der Waals surface area contributed by atoms with Crippen LogP contribution in [0.15, 0.2) is 24.4 Å². The van der Waals surface area contributed by atoms with Crippen molar-refractivity contribution in [3.63, 3.8) is 0 Å². The van der Waals surface area contributed by atoms with Gasteiger partial charge in [-0.25, -0.2) is 4.98 Å². The fourth-order valence-electron chi connectivity index (χ4n) is 3.49. The molecule has 25 heavy (non-hydrogen) atoms. The number of halogens is 1. The highest BCUT2D eigenvalue weighted by atomic mass is 35.5. The quantitative estimate of drug-likeness (QED) is 0.781. The third-order valence-electron chi connectivity index (χ3n) is 4.70. The molecule has 1 N–H and O–H groups in total. The Morgan fingerprint density at radius 3 is 2.92 bits per heavy atom. The second-order valence-electron chi connectivity index (χ2n) is 6.25. The van der Waals surface area contributed by atoms with Crippen molar-refractivity contribution >= 4 is 39.4 Å². The minimum absolute atomic E-state index is 0.0566. The molecule has 0 radical (unpaired) electrons. The molecule has 1 amide bonds. The maximum absolute atomic E-state index is 12.0. The molecule has 0 spiro atoms. The Balaban J connectivity index is 1.98. The SMILES string of the molecule is CNC(=O)Cc1nc2cnc3ccc(Cl)cc3c2n1C1CCOCC1. The van der Waals surface area contributed by atoms with Crippen LogP contribution < -0.4 is 5.32 Å². The van der Waals surface area contributed by atoms with Crippen molar-refractivity contribution in [2.75, 3.05) is 20.3 Å². The lowest BCUT2D eigenvalue weighted by atomic mass is 10.1. The van der Waals surface area contributed by atoms with Gasteiger partial charge in [0.15, 0.2) is 0 Å². The molecule has 7 heteroatoms. The number of likely N-dealkylation sites (N-methyl/N-ethyl adjacent to an activating group) is 1. The molecule has 0 saturated carbocycles. The number of pyridine rings is 1. The van der Waals surface area contributed by atoms with Gasteiger partial charge in [0.2, 0.25) is 5.91 Å². The van der Waals surface area contributed by atoms with E-state index < -0.39 is 0 Å². The van der Waals surface area contributed by atoms with Gasteiger partial charge in [0.1, 0.15) is 11.3 Å². The van der Waals surface area contributed by atoms with Crippen LogP contribution in [0.25, 0.3) is 21.9 Å². The van der Waals surface area contributed by atoms with Crippen LogP contribution in [0.3, 0.4) is 0 Å². The summed E-state index contributed by atoms with van der Waals surface area (Å²) in [6.07, 6.45) is 3.81. The van der Waals surface area contributed by atoms with E-state index in [4.69, 9.17) is 21.3 Å². The van der Waals surface area contributed by atoms with Crippen LogP contribution in [0.1, 0.15) is 24.7 Å². The molecule has 0 aliphatic carbocycles. The minimum Gasteiger partial charge on any atom is -0.381 e. The number of carbonyl (C=O) groups excluding carboxylic acids is 1. The Morgan fingerprint density at radius 1 is 1.36 bits per heavy atom. The number of aromatic nitrogens is 3. The Bertz CT molecular complexity index is 947. The van der Waals surface area contributed by atoms with Crippen molar-refractivity contribution in [1.82, 2.24) is 19.9 Å². The molecular formula is C18H19ClN4O2. The molecule has 0 atom stereocenters. The second-order valence-corrected chi connectivity index (χ2v) is 6.68. The Labute approximate surface area is 150 Å². The zero-order valence-electron chi connectivity index (χ0n) is 14.0. The lowest BCUT2D eigenvalue weighted by Crippen LogP contribution is -2.25. The van der Waals surface area contributed by atoms with E-state index in [9.17, 15) is 4.79 Å². The average Bonchev–Trinajstić information content (AvgIpc) is 3.00. The molecule has 2 aromatic heterocycles. The molecule has 130 valence electrons. The van der Waals surface area contributed by atoms with E-state index in [0.717, 1.165) is 40.6 Å². The highest BCUT2D eigenvalue weighted by Gasteiger charge is 2.24. The van der Waals surface area contributed by atoms with Crippen molar-refractivity contribution in [3.05, 3.63) is 35.2 Å². The molecule has 1 fully saturated rings. The van der Waals surface area contributed by atoms with Gasteiger partial charge in [0, 0.05) is 36.7 Å². The highest BCUT2D eigenvalue weighted by molar-refractivity contribution is 6.31. The van der Waals surface area contributed by atoms with Gasteiger partial charge >= 0.3 is 0 Å². The largest absolute Gasteiger partial charge is 0.381 e. The fourth-order valence-corrected chi connectivity index (χ4v) is 3.66. The number of nitrogens with zero attached hydrogens (tertiary/aromatic N) is 3. The van der Waals surface area contributed by atoms with Gasteiger partial charge in [0.25, 0.3) is 0 Å². The first-order valence-corrected chi connectivity index (χ1v) is 8.78. The fraction of sp³-hybridized carbons (Fsp3) is 0.389. The number of ether oxygens (including phenoxy) is 1. The number of benzene rings is 1. The summed E-state index contributed by atoms with van der Waals surface area (Å²) in [5, 5.41) is 4.31. The first-order valence-electron chi connectivity index (χ1n) is 8.41. The molecule has 0 bridgehead atoms. The van der Waals surface area contributed by atoms with E-state index in [2.05, 4.69) is 14.9 Å². The van der Waals surface area contributed by atoms with E-state index in [1.807, 2.05) is 18.2 Å². The molecule has 4 rings (SSSR count). The number of carbonyl (C=O) groups is 1. The summed E-state index contributed by atoms with van der Waals surface area (Å²) < 4.78 is 7.71. The number of fused-ring (bicyclic) bond motifs is 3. The molecule has 0 unspecified atom stereocenters. The maximum Gasteiger partial charge on any atom is 0.227 e. The summed E-state index contributed by atoms with van der Waals surface area (Å²) in [6.45, 7) is 1.43. The average molecular weight is 359 g/mol. The number of hydrogen-bond donors (Lipinski definition) is 1. The van der Waals surface area contributed by atoms with Gasteiger partial charge in [-0.15, -0.1) is 0 Å². The smallest absolute Gasteiger partial charge is 0.227 e. The predicted octanol–water partition coefficient (Wildman–Crippen LogP) is 2.88. The van der Waals surface area contributed by atoms with Gasteiger partial charge in [-0.2, -0.15) is 0 Å². The summed E-state index contributed by atoms with van der Waals surface area (Å²) in [5.41, 5.74) is 2.66. The van der Waals surface area contributed by atoms with Gasteiger partial charge in [0.05, 0.1) is 23.7 Å². The van der Waals surface area contributed by atoms with Crippen molar-refractivity contribution < 1.29 is 9.53 Å². The maximum atomic E-state index is 12.0. The Morgan fingerprint density at radius 2 is 2.16 bits per heavy atom. The Kier molecular flexibility index (Phi) is 4.31. The van der Waals surface area contributed by atoms with Crippen LogP contribution in [0.4, 0.5) is 0 Å². The number of hydrogen-bond acceptors (Lipinski definition) is 4. The van der Waals surface area contributed by atoms with Gasteiger partial charge in [-0.3, -0.25) is 9.78 Å². The van der Waals surface area contributed by atoms with E-state index in [0.29, 0.717) is 18.2 Å². The Hall–Kier alpha value is -2.18. The summed E-state index contributed by atoms with van der Waals surface area (Å²) in [6, 6.07) is 5.93. The molecule has 1 aromatic carbocycles. The molecule has 3 aromatic rings. The number of amides is 1. The van der Waals surface area contributed by atoms with Crippen LogP contribution in [0.5, 0.6) is 0 Å². The first kappa shape index (κ1) is 16.3. The topological polar surface area (TPSA) is 69.0 Å². The van der Waals surface area contributed by atoms with Crippen molar-refractivity contribution in [1.29, 1.82) is 0 Å². The molecule has 6 nitrogen and oxygen atoms in total. The van der Waals surface area contributed by atoms with Crippen LogP contribution in [0.2, 0.25) is 5.02 Å². The number of nitrogens with one attached hydrogen (secondary N) is 1. The zero-order valence-corrected chi connectivity index (χ0v) is 14.7. The molecule has 1 aliphatic rings. The minimum atomic E-state index is -0.0566. The van der Waals surface area contributed by atoms with Gasteiger partial charge in [-0.05, 0) is 31.0 Å². The molecule has 3 heterocycles. The zero-order chi connectivity index (χ0) is 17.4. The van der Waals surface area contributed by atoms with Crippen LogP contribution in [0, 0.1) is 0 Å². The second kappa shape index (κ2) is 6.61. The third kappa shape index (κ3) is 2.96. The van der Waals surface area contributed by atoms with E-state index in [1.54, 1.807) is 13.2 Å². The normalized spacial score (nSPS) is 15.8. The van der Waals surface area contributed by atoms with Gasteiger partial charge in [-0.1, -0.05) is 11.6 Å². The molecule has 1 aliphatic heterocycles. The van der Waals surface area contributed by atoms with E-state index >= 15 is 0 Å². The monoisotopic (exact) mass is 358 g/mol. The van der Waals surface area contributed by atoms with Crippen molar-refractivity contribution in [2.24, 2.45) is 0 Å². The van der Waals surface area contributed by atoms with Gasteiger partial charge < -0.3 is 14.6 Å². The highest BCUT2D eigenvalue weighted by Crippen LogP contribution is 2.33. The number of rotatable bonds is 3. The van der Waals surface area contributed by atoms with E-state index in [-0.39, 0.29) is 18.4 Å². The summed E-state index contributed by atoms with van der Waals surface area (Å²) in [4.78, 5) is 21.2. The summed E-state index contributed by atoms with van der Waals surface area (Å²) >= 11 is 6.23. The third-order valence-corrected chi connectivity index (χ3v) is 4.94. The molecular weight excluding hydrogens is 340 g/mol. The first-order chi connectivity index (χ1) is 12.2. The van der Waals surface area contributed by atoms with Crippen LogP contribution >= 0.6 is 11.6 Å². The number of imidazole rings is 1. The van der Waals surface area contributed by atoms with Crippen LogP contribution in [-0.4, -0.2) is 40.7 Å². The molecule has 1 saturated heterocycles. The lowest BCUT2D eigenvalue weighted by Gasteiger charge is -2.26. The van der Waals surface area contributed by atoms with Crippen LogP contribution in [-0.2, 0) is 16.0 Å². The summed E-state index contributed by atoms with van der Waals surface area (Å²) in [7, 11) is 1.64. The standard InChI is InChI=1S/C18H19ClN4O2/c1-20-17(24)9-16-22-15-10-21-14-3-2-11(19)8-13(14)18(15)23(16)12-4-6-25-7-5-12/h2-3,8,10,12H,4-7,9H2,1H3,(H,20,24). The summed E-state index contributed by atoms with van der Waals surface area (Å²) in [5.74, 6) is 0.703.